The second-order valence-electron chi connectivity index (χ2n) is 5.02. The van der Waals surface area contributed by atoms with Gasteiger partial charge < -0.3 is 5.11 Å². The number of carbonyl (C=O) groups is 1. The quantitative estimate of drug-likeness (QED) is 0.909. The van der Waals surface area contributed by atoms with Gasteiger partial charge in [0.15, 0.2) is 15.1 Å². The highest BCUT2D eigenvalue weighted by atomic mass is 35.5. The van der Waals surface area contributed by atoms with Gasteiger partial charge >= 0.3 is 5.97 Å². The third-order valence-electron chi connectivity index (χ3n) is 3.33. The molecule has 0 saturated heterocycles. The monoisotopic (exact) mass is 338 g/mol. The van der Waals surface area contributed by atoms with Crippen LogP contribution in [0.5, 0.6) is 0 Å². The molecule has 2 aromatic carbocycles. The van der Waals surface area contributed by atoms with Crippen LogP contribution in [-0.2, 0) is 21.1 Å². The van der Waals surface area contributed by atoms with Gasteiger partial charge in [0.2, 0.25) is 0 Å². The fraction of sp³-hybridized carbons (Fsp3) is 0.188. The van der Waals surface area contributed by atoms with Crippen molar-refractivity contribution in [3.8, 4) is 0 Å². The van der Waals surface area contributed by atoms with E-state index in [1.165, 1.54) is 12.1 Å². The number of halogens is 1. The van der Waals surface area contributed by atoms with E-state index in [9.17, 15) is 18.3 Å². The first-order valence-corrected chi connectivity index (χ1v) is 8.51. The van der Waals surface area contributed by atoms with E-state index in [1.54, 1.807) is 36.4 Å². The van der Waals surface area contributed by atoms with Crippen LogP contribution in [0.4, 0.5) is 0 Å². The summed E-state index contributed by atoms with van der Waals surface area (Å²) in [5.41, 5.74) is 1.51. The minimum atomic E-state index is -3.96. The van der Waals surface area contributed by atoms with Gasteiger partial charge in [0, 0.05) is 11.4 Å². The fourth-order valence-electron chi connectivity index (χ4n) is 2.06. The molecule has 116 valence electrons. The van der Waals surface area contributed by atoms with Crippen LogP contribution in [0.15, 0.2) is 53.4 Å². The molecule has 0 amide bonds. The van der Waals surface area contributed by atoms with E-state index in [2.05, 4.69) is 0 Å². The summed E-state index contributed by atoms with van der Waals surface area (Å²) in [7, 11) is -3.96. The van der Waals surface area contributed by atoms with Crippen molar-refractivity contribution in [2.75, 3.05) is 0 Å². The van der Waals surface area contributed by atoms with Crippen molar-refractivity contribution in [1.82, 2.24) is 0 Å². The van der Waals surface area contributed by atoms with Crippen LogP contribution in [0.1, 0.15) is 11.1 Å². The molecule has 0 fully saturated rings. The van der Waals surface area contributed by atoms with Crippen LogP contribution in [-0.4, -0.2) is 24.7 Å². The summed E-state index contributed by atoms with van der Waals surface area (Å²) >= 11 is 5.78. The van der Waals surface area contributed by atoms with Crippen molar-refractivity contribution in [2.45, 2.75) is 23.5 Å². The van der Waals surface area contributed by atoms with Gasteiger partial charge in [-0.2, -0.15) is 0 Å². The van der Waals surface area contributed by atoms with E-state index in [0.29, 0.717) is 10.6 Å². The molecule has 22 heavy (non-hydrogen) atoms. The van der Waals surface area contributed by atoms with E-state index >= 15 is 0 Å². The zero-order chi connectivity index (χ0) is 16.3. The van der Waals surface area contributed by atoms with Crippen LogP contribution >= 0.6 is 11.6 Å². The van der Waals surface area contributed by atoms with Gasteiger partial charge in [-0.1, -0.05) is 41.4 Å². The predicted octanol–water partition coefficient (Wildman–Crippen LogP) is 3.12. The molecule has 6 heteroatoms. The van der Waals surface area contributed by atoms with Crippen LogP contribution < -0.4 is 0 Å². The lowest BCUT2D eigenvalue weighted by Gasteiger charge is -2.14. The van der Waals surface area contributed by atoms with Gasteiger partial charge in [-0.05, 0) is 36.8 Å². The highest BCUT2D eigenvalue weighted by molar-refractivity contribution is 7.92. The second kappa shape index (κ2) is 6.50. The average Bonchev–Trinajstić information content (AvgIpc) is 2.46. The standard InChI is InChI=1S/C16H15ClO4S/c1-11-2-8-14(9-3-11)22(20,21)15(16(18)19)10-12-4-6-13(17)7-5-12/h2-9,15H,10H2,1H3,(H,18,19)/t15-/m0/s1. The van der Waals surface area contributed by atoms with Crippen molar-refractivity contribution >= 4 is 27.4 Å². The van der Waals surface area contributed by atoms with Crippen LogP contribution in [0.2, 0.25) is 5.02 Å². The maximum Gasteiger partial charge on any atom is 0.322 e. The zero-order valence-corrected chi connectivity index (χ0v) is 13.4. The number of benzene rings is 2. The van der Waals surface area contributed by atoms with Crippen molar-refractivity contribution in [1.29, 1.82) is 0 Å². The Labute approximate surface area is 134 Å². The average molecular weight is 339 g/mol. The first-order valence-electron chi connectivity index (χ1n) is 6.58. The molecule has 2 rings (SSSR count). The summed E-state index contributed by atoms with van der Waals surface area (Å²) in [4.78, 5) is 11.5. The van der Waals surface area contributed by atoms with Gasteiger partial charge in [0.1, 0.15) is 0 Å². The maximum atomic E-state index is 12.5. The smallest absolute Gasteiger partial charge is 0.322 e. The van der Waals surface area contributed by atoms with Gasteiger partial charge in [0.25, 0.3) is 0 Å². The molecule has 0 unspecified atom stereocenters. The maximum absolute atomic E-state index is 12.5. The Morgan fingerprint density at radius 2 is 1.64 bits per heavy atom. The topological polar surface area (TPSA) is 71.4 Å². The molecule has 0 spiro atoms. The molecule has 0 aliphatic carbocycles. The van der Waals surface area contributed by atoms with Crippen LogP contribution in [0, 0.1) is 6.92 Å². The number of sulfone groups is 1. The Hall–Kier alpha value is -1.85. The van der Waals surface area contributed by atoms with E-state index in [4.69, 9.17) is 11.6 Å². The molecule has 0 aromatic heterocycles. The van der Waals surface area contributed by atoms with E-state index in [-0.39, 0.29) is 11.3 Å². The van der Waals surface area contributed by atoms with Gasteiger partial charge in [0.05, 0.1) is 4.90 Å². The van der Waals surface area contributed by atoms with Gasteiger partial charge in [-0.15, -0.1) is 0 Å². The number of hydrogen-bond acceptors (Lipinski definition) is 3. The molecule has 1 N–H and O–H groups in total. The van der Waals surface area contributed by atoms with Crippen molar-refractivity contribution in [2.24, 2.45) is 0 Å². The second-order valence-corrected chi connectivity index (χ2v) is 7.58. The molecule has 0 saturated carbocycles. The molecule has 0 heterocycles. The summed E-state index contributed by atoms with van der Waals surface area (Å²) < 4.78 is 25.1. The third kappa shape index (κ3) is 3.67. The van der Waals surface area contributed by atoms with E-state index in [1.807, 2.05) is 6.92 Å². The van der Waals surface area contributed by atoms with E-state index < -0.39 is 21.1 Å². The highest BCUT2D eigenvalue weighted by Gasteiger charge is 2.34. The van der Waals surface area contributed by atoms with Crippen LogP contribution in [0.3, 0.4) is 0 Å². The lowest BCUT2D eigenvalue weighted by molar-refractivity contribution is -0.136. The normalized spacial score (nSPS) is 12.8. The first-order chi connectivity index (χ1) is 10.3. The summed E-state index contributed by atoms with van der Waals surface area (Å²) in [5.74, 6) is -1.37. The Balaban J connectivity index is 2.36. The summed E-state index contributed by atoms with van der Waals surface area (Å²) in [5, 5.41) is 8.32. The minimum absolute atomic E-state index is 0.0134. The number of carboxylic acids is 1. The molecule has 1 atom stereocenters. The van der Waals surface area contributed by atoms with Crippen molar-refractivity contribution in [3.63, 3.8) is 0 Å². The number of rotatable bonds is 5. The Morgan fingerprint density at radius 3 is 2.14 bits per heavy atom. The number of carboxylic acid groups (broad SMARTS) is 1. The van der Waals surface area contributed by atoms with E-state index in [0.717, 1.165) is 5.56 Å². The summed E-state index contributed by atoms with van der Waals surface area (Å²) in [6.45, 7) is 1.83. The Morgan fingerprint density at radius 1 is 1.09 bits per heavy atom. The largest absolute Gasteiger partial charge is 0.480 e. The van der Waals surface area contributed by atoms with Crippen molar-refractivity contribution < 1.29 is 18.3 Å². The Kier molecular flexibility index (Phi) is 4.88. The molecule has 2 aromatic rings. The van der Waals surface area contributed by atoms with Gasteiger partial charge in [-0.25, -0.2) is 8.42 Å². The minimum Gasteiger partial charge on any atom is -0.480 e. The highest BCUT2D eigenvalue weighted by Crippen LogP contribution is 2.21. The zero-order valence-electron chi connectivity index (χ0n) is 11.9. The first kappa shape index (κ1) is 16.5. The number of hydrogen-bond donors (Lipinski definition) is 1. The molecule has 0 bridgehead atoms. The molecule has 0 radical (unpaired) electrons. The summed E-state index contributed by atoms with van der Waals surface area (Å²) in [6, 6.07) is 12.6. The van der Waals surface area contributed by atoms with Gasteiger partial charge in [-0.3, -0.25) is 4.79 Å². The molecule has 4 nitrogen and oxygen atoms in total. The summed E-state index contributed by atoms with van der Waals surface area (Å²) in [6.07, 6.45) is -0.108. The molecular weight excluding hydrogens is 324 g/mol. The lowest BCUT2D eigenvalue weighted by Crippen LogP contribution is -2.32. The fourth-order valence-corrected chi connectivity index (χ4v) is 3.70. The SMILES string of the molecule is Cc1ccc(S(=O)(=O)[C@@H](Cc2ccc(Cl)cc2)C(=O)O)cc1. The van der Waals surface area contributed by atoms with Crippen LogP contribution in [0.25, 0.3) is 0 Å². The predicted molar refractivity (Wildman–Crippen MR) is 84.9 cm³/mol. The van der Waals surface area contributed by atoms with Crippen molar-refractivity contribution in [3.05, 3.63) is 64.7 Å². The number of aryl methyl sites for hydroxylation is 1. The molecule has 0 aliphatic heterocycles. The Bertz CT molecular complexity index is 765. The molecular formula is C16H15ClO4S. The lowest BCUT2D eigenvalue weighted by atomic mass is 10.1. The third-order valence-corrected chi connectivity index (χ3v) is 5.63. The number of aliphatic carboxylic acids is 1. The molecule has 0 aliphatic rings.